The molecule has 1 atom stereocenters. The van der Waals surface area contributed by atoms with E-state index in [4.69, 9.17) is 4.42 Å². The Morgan fingerprint density at radius 1 is 1.36 bits per heavy atom. The van der Waals surface area contributed by atoms with Crippen molar-refractivity contribution in [2.75, 3.05) is 0 Å². The number of hydrogen-bond acceptors (Lipinski definition) is 5. The average Bonchev–Trinajstić information content (AvgIpc) is 3.16. The van der Waals surface area contributed by atoms with Gasteiger partial charge in [0.15, 0.2) is 5.16 Å². The van der Waals surface area contributed by atoms with E-state index in [0.717, 1.165) is 10.8 Å². The Morgan fingerprint density at radius 2 is 2.23 bits per heavy atom. The predicted octanol–water partition coefficient (Wildman–Crippen LogP) is 3.81. The summed E-state index contributed by atoms with van der Waals surface area (Å²) in [4.78, 5) is 4.33. The van der Waals surface area contributed by atoms with E-state index in [1.54, 1.807) is 18.5 Å². The second-order valence-electron chi connectivity index (χ2n) is 4.71. The Hall–Kier alpha value is -2.15. The van der Waals surface area contributed by atoms with Crippen LogP contribution in [0.5, 0.6) is 0 Å². The normalized spacial score (nSPS) is 12.5. The second-order valence-corrected chi connectivity index (χ2v) is 6.02. The molecule has 2 aromatic heterocycles. The number of rotatable bonds is 5. The van der Waals surface area contributed by atoms with Gasteiger partial charge in [-0.1, -0.05) is 24.8 Å². The Labute approximate surface area is 131 Å². The Balaban J connectivity index is 1.83. The molecule has 0 spiro atoms. The Bertz CT molecular complexity index is 770. The maximum atomic E-state index is 13.4. The van der Waals surface area contributed by atoms with Gasteiger partial charge in [0.2, 0.25) is 11.8 Å². The minimum Gasteiger partial charge on any atom is -0.424 e. The summed E-state index contributed by atoms with van der Waals surface area (Å²) in [6.07, 6.45) is 4.20. The molecule has 0 amide bonds. The highest BCUT2D eigenvalue weighted by molar-refractivity contribution is 7.99. The zero-order chi connectivity index (χ0) is 15.5. The lowest BCUT2D eigenvalue weighted by molar-refractivity contribution is 0.456. The molecule has 114 valence electrons. The number of aromatic nitrogens is 4. The van der Waals surface area contributed by atoms with Crippen molar-refractivity contribution in [2.45, 2.75) is 30.7 Å². The van der Waals surface area contributed by atoms with Crippen LogP contribution in [0.25, 0.3) is 5.69 Å². The third-order valence-corrected chi connectivity index (χ3v) is 4.18. The molecule has 0 aliphatic heterocycles. The fourth-order valence-corrected chi connectivity index (χ4v) is 2.90. The first-order valence-electron chi connectivity index (χ1n) is 6.95. The number of hydrogen-bond donors (Lipinski definition) is 0. The van der Waals surface area contributed by atoms with Gasteiger partial charge >= 0.3 is 0 Å². The van der Waals surface area contributed by atoms with Gasteiger partial charge in [-0.25, -0.2) is 9.37 Å². The van der Waals surface area contributed by atoms with E-state index in [-0.39, 0.29) is 11.1 Å². The zero-order valence-corrected chi connectivity index (χ0v) is 13.0. The van der Waals surface area contributed by atoms with Crippen LogP contribution in [0.4, 0.5) is 4.39 Å². The number of aryl methyl sites for hydroxylation is 1. The zero-order valence-electron chi connectivity index (χ0n) is 12.2. The molecule has 3 aromatic rings. The molecule has 2 heterocycles. The highest BCUT2D eigenvalue weighted by Gasteiger charge is 2.18. The van der Waals surface area contributed by atoms with Crippen LogP contribution in [0.15, 0.2) is 46.2 Å². The predicted molar refractivity (Wildman–Crippen MR) is 81.5 cm³/mol. The molecule has 0 N–H and O–H groups in total. The summed E-state index contributed by atoms with van der Waals surface area (Å²) in [6, 6.07) is 6.40. The van der Waals surface area contributed by atoms with Gasteiger partial charge in [-0.3, -0.25) is 4.57 Å². The Kier molecular flexibility index (Phi) is 4.24. The lowest BCUT2D eigenvalue weighted by atomic mass is 10.3. The monoisotopic (exact) mass is 318 g/mol. The van der Waals surface area contributed by atoms with E-state index >= 15 is 0 Å². The summed E-state index contributed by atoms with van der Waals surface area (Å²) in [6.45, 7) is 3.94. The molecule has 0 aliphatic carbocycles. The summed E-state index contributed by atoms with van der Waals surface area (Å²) in [7, 11) is 0. The first-order valence-corrected chi connectivity index (χ1v) is 7.83. The molecule has 22 heavy (non-hydrogen) atoms. The van der Waals surface area contributed by atoms with Crippen LogP contribution in [0, 0.1) is 5.82 Å². The van der Waals surface area contributed by atoms with E-state index in [9.17, 15) is 4.39 Å². The number of thioether (sulfide) groups is 1. The number of nitrogens with zero attached hydrogens (tertiary/aromatic N) is 4. The SMILES string of the molecule is CCc1nnc([C@H](C)Sc2nccn2-c2cccc(F)c2)o1. The van der Waals surface area contributed by atoms with Gasteiger partial charge in [0.25, 0.3) is 0 Å². The van der Waals surface area contributed by atoms with E-state index in [1.165, 1.54) is 23.9 Å². The maximum Gasteiger partial charge on any atom is 0.229 e. The molecular weight excluding hydrogens is 303 g/mol. The summed E-state index contributed by atoms with van der Waals surface area (Å²) >= 11 is 1.49. The van der Waals surface area contributed by atoms with Crippen LogP contribution in [-0.4, -0.2) is 19.7 Å². The number of benzene rings is 1. The van der Waals surface area contributed by atoms with Crippen LogP contribution in [0.2, 0.25) is 0 Å². The third-order valence-electron chi connectivity index (χ3n) is 3.11. The van der Waals surface area contributed by atoms with Crippen molar-refractivity contribution in [3.05, 3.63) is 54.3 Å². The van der Waals surface area contributed by atoms with Crippen molar-refractivity contribution in [3.8, 4) is 5.69 Å². The van der Waals surface area contributed by atoms with Crippen molar-refractivity contribution in [2.24, 2.45) is 0 Å². The Morgan fingerprint density at radius 3 is 2.95 bits per heavy atom. The second kappa shape index (κ2) is 6.31. The molecule has 1 aromatic carbocycles. The molecule has 0 saturated heterocycles. The molecule has 0 radical (unpaired) electrons. The van der Waals surface area contributed by atoms with Crippen molar-refractivity contribution in [1.29, 1.82) is 0 Å². The van der Waals surface area contributed by atoms with Crippen LogP contribution in [0.1, 0.15) is 30.9 Å². The minimum atomic E-state index is -0.278. The summed E-state index contributed by atoms with van der Waals surface area (Å²) in [5.74, 6) is 0.909. The molecule has 7 heteroatoms. The van der Waals surface area contributed by atoms with Crippen LogP contribution >= 0.6 is 11.8 Å². The topological polar surface area (TPSA) is 56.7 Å². The fraction of sp³-hybridized carbons (Fsp3) is 0.267. The highest BCUT2D eigenvalue weighted by atomic mass is 32.2. The number of imidazole rings is 1. The lowest BCUT2D eigenvalue weighted by Crippen LogP contribution is -1.98. The molecule has 5 nitrogen and oxygen atoms in total. The lowest BCUT2D eigenvalue weighted by Gasteiger charge is -2.10. The van der Waals surface area contributed by atoms with E-state index in [0.29, 0.717) is 18.2 Å². The van der Waals surface area contributed by atoms with Gasteiger partial charge in [-0.15, -0.1) is 10.2 Å². The first-order chi connectivity index (χ1) is 10.7. The largest absolute Gasteiger partial charge is 0.424 e. The molecule has 3 rings (SSSR count). The molecule has 0 fully saturated rings. The van der Waals surface area contributed by atoms with Gasteiger partial charge in [-0.05, 0) is 25.1 Å². The molecule has 0 aliphatic rings. The first kappa shape index (κ1) is 14.8. The molecule has 0 saturated carbocycles. The molecule has 0 bridgehead atoms. The fourth-order valence-electron chi connectivity index (χ4n) is 1.98. The van der Waals surface area contributed by atoms with Gasteiger partial charge in [0.1, 0.15) is 5.82 Å². The summed E-state index contributed by atoms with van der Waals surface area (Å²) < 4.78 is 20.8. The van der Waals surface area contributed by atoms with Gasteiger partial charge in [0.05, 0.1) is 10.9 Å². The van der Waals surface area contributed by atoms with E-state index in [1.807, 2.05) is 24.5 Å². The average molecular weight is 318 g/mol. The third kappa shape index (κ3) is 3.04. The van der Waals surface area contributed by atoms with Crippen LogP contribution < -0.4 is 0 Å². The molecular formula is C15H15FN4OS. The smallest absolute Gasteiger partial charge is 0.229 e. The van der Waals surface area contributed by atoms with Gasteiger partial charge in [0, 0.05) is 18.8 Å². The van der Waals surface area contributed by atoms with Crippen molar-refractivity contribution < 1.29 is 8.81 Å². The van der Waals surface area contributed by atoms with Crippen molar-refractivity contribution >= 4 is 11.8 Å². The van der Waals surface area contributed by atoms with E-state index in [2.05, 4.69) is 15.2 Å². The standard InChI is InChI=1S/C15H15FN4OS/c1-3-13-18-19-14(21-13)10(2)22-15-17-7-8-20(15)12-6-4-5-11(16)9-12/h4-10H,3H2,1-2H3/t10-/m0/s1. The summed E-state index contributed by atoms with van der Waals surface area (Å²) in [5, 5.41) is 8.73. The van der Waals surface area contributed by atoms with Crippen LogP contribution in [0.3, 0.4) is 0 Å². The maximum absolute atomic E-state index is 13.4. The van der Waals surface area contributed by atoms with Gasteiger partial charge < -0.3 is 4.42 Å². The highest BCUT2D eigenvalue weighted by Crippen LogP contribution is 2.34. The van der Waals surface area contributed by atoms with Crippen LogP contribution in [-0.2, 0) is 6.42 Å². The minimum absolute atomic E-state index is 0.0393. The summed E-state index contributed by atoms with van der Waals surface area (Å²) in [5.41, 5.74) is 0.729. The quantitative estimate of drug-likeness (QED) is 0.670. The van der Waals surface area contributed by atoms with Gasteiger partial charge in [-0.2, -0.15) is 0 Å². The van der Waals surface area contributed by atoms with Crippen molar-refractivity contribution in [1.82, 2.24) is 19.7 Å². The van der Waals surface area contributed by atoms with E-state index < -0.39 is 0 Å². The van der Waals surface area contributed by atoms with Crippen molar-refractivity contribution in [3.63, 3.8) is 0 Å². The molecule has 0 unspecified atom stereocenters. The number of halogens is 1.